The zero-order chi connectivity index (χ0) is 11.6. The van der Waals surface area contributed by atoms with Crippen LogP contribution in [0, 0.1) is 0 Å². The molecule has 0 bridgehead atoms. The molecule has 16 heavy (non-hydrogen) atoms. The molecule has 1 heterocycles. The van der Waals surface area contributed by atoms with Crippen molar-refractivity contribution in [3.8, 4) is 0 Å². The summed E-state index contributed by atoms with van der Waals surface area (Å²) in [4.78, 5) is 4.17. The molecule has 0 fully saturated rings. The van der Waals surface area contributed by atoms with Crippen LogP contribution in [0.5, 0.6) is 0 Å². The average Bonchev–Trinajstić information content (AvgIpc) is 2.79. The molecule has 0 aliphatic rings. The maximum Gasteiger partial charge on any atom is 0.223 e. The molecule has 0 aliphatic carbocycles. The van der Waals surface area contributed by atoms with Crippen molar-refractivity contribution in [1.82, 2.24) is 9.55 Å². The van der Waals surface area contributed by atoms with E-state index in [0.717, 1.165) is 0 Å². The molecule has 2 rings (SSSR count). The van der Waals surface area contributed by atoms with Crippen molar-refractivity contribution in [3.63, 3.8) is 0 Å². The Kier molecular flexibility index (Phi) is 2.78. The van der Waals surface area contributed by atoms with Crippen LogP contribution in [0.1, 0.15) is 6.92 Å². The van der Waals surface area contributed by atoms with Crippen molar-refractivity contribution >= 4 is 9.84 Å². The van der Waals surface area contributed by atoms with Crippen molar-refractivity contribution in [1.29, 1.82) is 0 Å². The molecule has 0 atom stereocenters. The van der Waals surface area contributed by atoms with E-state index in [9.17, 15) is 8.42 Å². The van der Waals surface area contributed by atoms with Crippen LogP contribution in [0.2, 0.25) is 0 Å². The second-order valence-electron chi connectivity index (χ2n) is 3.33. The lowest BCUT2D eigenvalue weighted by Crippen LogP contribution is -2.08. The van der Waals surface area contributed by atoms with Gasteiger partial charge in [-0.3, -0.25) is 0 Å². The fourth-order valence-electron chi connectivity index (χ4n) is 1.49. The highest BCUT2D eigenvalue weighted by atomic mass is 32.2. The molecule has 0 saturated heterocycles. The Bertz CT molecular complexity index is 573. The van der Waals surface area contributed by atoms with Crippen LogP contribution in [0.3, 0.4) is 0 Å². The molecule has 2 aromatic rings. The van der Waals surface area contributed by atoms with E-state index in [1.165, 1.54) is 12.5 Å². The van der Waals surface area contributed by atoms with Crippen LogP contribution in [0.25, 0.3) is 0 Å². The van der Waals surface area contributed by atoms with Crippen LogP contribution in [-0.4, -0.2) is 18.0 Å². The first-order chi connectivity index (χ1) is 7.66. The van der Waals surface area contributed by atoms with Crippen molar-refractivity contribution in [2.75, 3.05) is 0 Å². The van der Waals surface area contributed by atoms with E-state index in [-0.39, 0.29) is 5.03 Å². The topological polar surface area (TPSA) is 52.0 Å². The Morgan fingerprint density at radius 2 is 1.94 bits per heavy atom. The minimum atomic E-state index is -3.44. The van der Waals surface area contributed by atoms with E-state index in [2.05, 4.69) is 4.98 Å². The lowest BCUT2D eigenvalue weighted by Gasteiger charge is -2.06. The number of benzene rings is 1. The van der Waals surface area contributed by atoms with Crippen LogP contribution < -0.4 is 0 Å². The van der Waals surface area contributed by atoms with E-state index >= 15 is 0 Å². The Balaban J connectivity index is 2.56. The van der Waals surface area contributed by atoms with E-state index < -0.39 is 9.84 Å². The van der Waals surface area contributed by atoms with Gasteiger partial charge in [-0.1, -0.05) is 18.2 Å². The van der Waals surface area contributed by atoms with Gasteiger partial charge >= 0.3 is 0 Å². The first-order valence-electron chi connectivity index (χ1n) is 4.96. The van der Waals surface area contributed by atoms with Gasteiger partial charge in [0.15, 0.2) is 5.03 Å². The van der Waals surface area contributed by atoms with Crippen molar-refractivity contribution in [3.05, 3.63) is 42.9 Å². The van der Waals surface area contributed by atoms with Crippen LogP contribution in [0.4, 0.5) is 0 Å². The largest absolute Gasteiger partial charge is 0.322 e. The van der Waals surface area contributed by atoms with Gasteiger partial charge in [-0.2, -0.15) is 0 Å². The molecular weight excluding hydrogens is 224 g/mol. The molecule has 5 heteroatoms. The Morgan fingerprint density at radius 1 is 1.25 bits per heavy atom. The molecule has 0 aliphatic heterocycles. The van der Waals surface area contributed by atoms with Gasteiger partial charge in [0.2, 0.25) is 9.84 Å². The quantitative estimate of drug-likeness (QED) is 0.815. The minimum absolute atomic E-state index is 0.237. The van der Waals surface area contributed by atoms with Gasteiger partial charge in [0.1, 0.15) is 0 Å². The monoisotopic (exact) mass is 236 g/mol. The third kappa shape index (κ3) is 1.74. The van der Waals surface area contributed by atoms with E-state index in [0.29, 0.717) is 11.4 Å². The molecule has 0 N–H and O–H groups in total. The van der Waals surface area contributed by atoms with Crippen LogP contribution in [-0.2, 0) is 16.4 Å². The highest BCUT2D eigenvalue weighted by Gasteiger charge is 2.20. The van der Waals surface area contributed by atoms with Gasteiger partial charge in [0, 0.05) is 6.54 Å². The molecule has 1 aromatic carbocycles. The molecule has 0 amide bonds. The highest BCUT2D eigenvalue weighted by Crippen LogP contribution is 2.19. The predicted octanol–water partition coefficient (Wildman–Crippen LogP) is 1.74. The number of nitrogens with zero attached hydrogens (tertiary/aromatic N) is 2. The van der Waals surface area contributed by atoms with Crippen molar-refractivity contribution in [2.45, 2.75) is 23.4 Å². The molecule has 0 saturated carbocycles. The normalized spacial score (nSPS) is 11.6. The number of hydrogen-bond acceptors (Lipinski definition) is 3. The molecular formula is C11H12N2O2S. The maximum absolute atomic E-state index is 12.2. The summed E-state index contributed by atoms with van der Waals surface area (Å²) in [5, 5.41) is 0.237. The number of hydrogen-bond donors (Lipinski definition) is 0. The fourth-order valence-corrected chi connectivity index (χ4v) is 2.93. The average molecular weight is 236 g/mol. The summed E-state index contributed by atoms with van der Waals surface area (Å²) in [6.07, 6.45) is 2.90. The van der Waals surface area contributed by atoms with E-state index in [1.807, 2.05) is 6.92 Å². The molecule has 4 nitrogen and oxygen atoms in total. The molecule has 1 aromatic heterocycles. The summed E-state index contributed by atoms with van der Waals surface area (Å²) in [5.41, 5.74) is 0. The van der Waals surface area contributed by atoms with Gasteiger partial charge in [-0.15, -0.1) is 0 Å². The fraction of sp³-hybridized carbons (Fsp3) is 0.182. The lowest BCUT2D eigenvalue weighted by atomic mass is 10.4. The van der Waals surface area contributed by atoms with Crippen molar-refractivity contribution in [2.24, 2.45) is 0 Å². The summed E-state index contributed by atoms with van der Waals surface area (Å²) in [6, 6.07) is 8.37. The smallest absolute Gasteiger partial charge is 0.223 e. The number of imidazole rings is 1. The molecule has 0 radical (unpaired) electrons. The number of sulfone groups is 1. The van der Waals surface area contributed by atoms with E-state index in [1.54, 1.807) is 34.9 Å². The van der Waals surface area contributed by atoms with Gasteiger partial charge in [-0.25, -0.2) is 13.4 Å². The zero-order valence-corrected chi connectivity index (χ0v) is 9.68. The van der Waals surface area contributed by atoms with E-state index in [4.69, 9.17) is 0 Å². The number of aryl methyl sites for hydroxylation is 1. The maximum atomic E-state index is 12.2. The second-order valence-corrected chi connectivity index (χ2v) is 5.23. The Hall–Kier alpha value is -1.62. The van der Waals surface area contributed by atoms with Gasteiger partial charge in [-0.05, 0) is 19.1 Å². The van der Waals surface area contributed by atoms with Gasteiger partial charge in [0.25, 0.3) is 0 Å². The van der Waals surface area contributed by atoms with Crippen LogP contribution >= 0.6 is 0 Å². The molecule has 0 spiro atoms. The molecule has 0 unspecified atom stereocenters. The Labute approximate surface area is 94.5 Å². The van der Waals surface area contributed by atoms with Crippen LogP contribution in [0.15, 0.2) is 52.8 Å². The standard InChI is InChI=1S/C11H12N2O2S/c1-2-13-9-12-8-11(13)16(14,15)10-6-4-3-5-7-10/h3-9H,2H2,1H3. The lowest BCUT2D eigenvalue weighted by molar-refractivity contribution is 0.578. The summed E-state index contributed by atoms with van der Waals surface area (Å²) < 4.78 is 26.0. The minimum Gasteiger partial charge on any atom is -0.322 e. The summed E-state index contributed by atoms with van der Waals surface area (Å²) in [5.74, 6) is 0. The van der Waals surface area contributed by atoms with Crippen molar-refractivity contribution < 1.29 is 8.42 Å². The van der Waals surface area contributed by atoms with Gasteiger partial charge in [0.05, 0.1) is 17.4 Å². The SMILES string of the molecule is CCn1cncc1S(=O)(=O)c1ccccc1. The summed E-state index contributed by atoms with van der Waals surface area (Å²) in [6.45, 7) is 2.47. The zero-order valence-electron chi connectivity index (χ0n) is 8.87. The summed E-state index contributed by atoms with van der Waals surface area (Å²) >= 11 is 0. The first-order valence-corrected chi connectivity index (χ1v) is 6.45. The first kappa shape index (κ1) is 10.9. The number of aromatic nitrogens is 2. The highest BCUT2D eigenvalue weighted by molar-refractivity contribution is 7.91. The Morgan fingerprint density at radius 3 is 2.56 bits per heavy atom. The van der Waals surface area contributed by atoms with Gasteiger partial charge < -0.3 is 4.57 Å². The molecule has 84 valence electrons. The third-order valence-corrected chi connectivity index (χ3v) is 4.13. The summed E-state index contributed by atoms with van der Waals surface area (Å²) in [7, 11) is -3.44. The third-order valence-electron chi connectivity index (χ3n) is 2.34. The predicted molar refractivity (Wildman–Crippen MR) is 59.8 cm³/mol. The second kappa shape index (κ2) is 4.09. The number of rotatable bonds is 3.